The number of anilines is 1. The lowest BCUT2D eigenvalue weighted by Gasteiger charge is -2.21. The molecule has 4 atom stereocenters. The molecule has 160 valence electrons. The first-order valence-corrected chi connectivity index (χ1v) is 8.99. The second kappa shape index (κ2) is 8.50. The van der Waals surface area contributed by atoms with Gasteiger partial charge in [-0.05, 0) is 0 Å². The fourth-order valence-electron chi connectivity index (χ4n) is 3.42. The van der Waals surface area contributed by atoms with E-state index in [1.165, 1.54) is 17.7 Å². The minimum atomic E-state index is -1.24. The number of ether oxygens (including phenoxy) is 3. The summed E-state index contributed by atoms with van der Waals surface area (Å²) in [4.78, 5) is 43.9. The van der Waals surface area contributed by atoms with Crippen molar-refractivity contribution < 1.29 is 28.2 Å². The summed E-state index contributed by atoms with van der Waals surface area (Å²) in [6.45, 7) is 1.22. The fraction of sp³-hybridized carbons (Fsp3) is 0.500. The molecule has 30 heavy (non-hydrogen) atoms. The largest absolute Gasteiger partial charge is 0.458 e. The molecular weight excluding hydrogens is 401 g/mol. The van der Waals surface area contributed by atoms with Crippen LogP contribution in [0, 0.1) is 12.3 Å². The number of nitrogens with two attached hydrogens (primary N) is 1. The van der Waals surface area contributed by atoms with E-state index in [9.17, 15) is 18.8 Å². The Bertz CT molecular complexity index is 1070. The topological polar surface area (TPSA) is 141 Å². The molecule has 2 aromatic rings. The average Bonchev–Trinajstić information content (AvgIpc) is 3.18. The molecule has 11 nitrogen and oxygen atoms in total. The minimum absolute atomic E-state index is 0.0130. The standard InChI is InChI=1S/C18H20FN5O6/c1-4-5-23-11-8-21-17(20)22-15(11)24(18(23)27)16-13(28-9(2)25)6-12(30-16)14(7-19)29-10(3)26/h1,8,12-14,16H,5-7H2,2-3H3,(H2,20,21,22)/t12-,13+,14-,16+/m0/s1. The second-order valence-corrected chi connectivity index (χ2v) is 6.63. The number of carbonyl (C=O) groups is 2. The number of nitrogens with zero attached hydrogens (tertiary/aromatic N) is 4. The van der Waals surface area contributed by atoms with Crippen molar-refractivity contribution in [3.8, 4) is 12.3 Å². The van der Waals surface area contributed by atoms with E-state index in [0.717, 1.165) is 11.5 Å². The molecule has 0 radical (unpaired) electrons. The summed E-state index contributed by atoms with van der Waals surface area (Å²) >= 11 is 0. The molecule has 2 N–H and O–H groups in total. The van der Waals surface area contributed by atoms with Crippen molar-refractivity contribution in [1.82, 2.24) is 19.1 Å². The number of halogens is 1. The number of alkyl halides is 1. The van der Waals surface area contributed by atoms with Crippen molar-refractivity contribution in [2.45, 2.75) is 51.4 Å². The van der Waals surface area contributed by atoms with E-state index in [-0.39, 0.29) is 24.6 Å². The molecule has 2 aromatic heterocycles. The molecule has 1 aliphatic heterocycles. The monoisotopic (exact) mass is 421 g/mol. The Morgan fingerprint density at radius 1 is 1.47 bits per heavy atom. The second-order valence-electron chi connectivity index (χ2n) is 6.63. The average molecular weight is 421 g/mol. The van der Waals surface area contributed by atoms with Gasteiger partial charge < -0.3 is 19.9 Å². The highest BCUT2D eigenvalue weighted by Gasteiger charge is 2.45. The van der Waals surface area contributed by atoms with Crippen molar-refractivity contribution in [2.24, 2.45) is 0 Å². The SMILES string of the molecule is C#CCn1c(=O)n([C@@H]2O[C@H]([C@H](CF)OC(C)=O)C[C@H]2OC(C)=O)c2nc(N)ncc21. The Hall–Kier alpha value is -3.46. The van der Waals surface area contributed by atoms with Crippen LogP contribution < -0.4 is 11.4 Å². The first kappa shape index (κ1) is 21.3. The summed E-state index contributed by atoms with van der Waals surface area (Å²) in [5.41, 5.74) is 5.47. The summed E-state index contributed by atoms with van der Waals surface area (Å²) in [5.74, 6) is 0.935. The molecule has 1 aliphatic rings. The maximum absolute atomic E-state index is 13.5. The molecule has 0 spiro atoms. The maximum Gasteiger partial charge on any atom is 0.333 e. The van der Waals surface area contributed by atoms with Crippen LogP contribution in [0.5, 0.6) is 0 Å². The lowest BCUT2D eigenvalue weighted by molar-refractivity contribution is -0.159. The molecule has 0 aromatic carbocycles. The van der Waals surface area contributed by atoms with E-state index in [2.05, 4.69) is 15.9 Å². The molecule has 0 bridgehead atoms. The van der Waals surface area contributed by atoms with Gasteiger partial charge in [-0.15, -0.1) is 6.42 Å². The first-order valence-electron chi connectivity index (χ1n) is 8.99. The molecule has 12 heteroatoms. The summed E-state index contributed by atoms with van der Waals surface area (Å²) in [6.07, 6.45) is 2.33. The summed E-state index contributed by atoms with van der Waals surface area (Å²) in [7, 11) is 0. The maximum atomic E-state index is 13.5. The Morgan fingerprint density at radius 3 is 2.80 bits per heavy atom. The fourth-order valence-corrected chi connectivity index (χ4v) is 3.42. The number of esters is 2. The van der Waals surface area contributed by atoms with E-state index < -0.39 is 48.8 Å². The molecule has 0 unspecified atom stereocenters. The third-order valence-corrected chi connectivity index (χ3v) is 4.53. The van der Waals surface area contributed by atoms with Crippen LogP contribution in [0.1, 0.15) is 26.5 Å². The van der Waals surface area contributed by atoms with Crippen LogP contribution in [-0.4, -0.2) is 56.0 Å². The van der Waals surface area contributed by atoms with Crippen molar-refractivity contribution in [3.63, 3.8) is 0 Å². The van der Waals surface area contributed by atoms with Crippen molar-refractivity contribution >= 4 is 29.1 Å². The van der Waals surface area contributed by atoms with E-state index in [1.54, 1.807) is 0 Å². The number of hydrogen-bond donors (Lipinski definition) is 1. The number of rotatable bonds is 6. The van der Waals surface area contributed by atoms with E-state index in [0.29, 0.717) is 5.52 Å². The van der Waals surface area contributed by atoms with E-state index in [4.69, 9.17) is 26.4 Å². The highest BCUT2D eigenvalue weighted by Crippen LogP contribution is 2.35. The Kier molecular flexibility index (Phi) is 6.02. The van der Waals surface area contributed by atoms with Crippen LogP contribution >= 0.6 is 0 Å². The van der Waals surface area contributed by atoms with Gasteiger partial charge in [0.25, 0.3) is 0 Å². The molecule has 0 saturated carbocycles. The normalized spacial score (nSPS) is 21.9. The van der Waals surface area contributed by atoms with Crippen LogP contribution in [0.2, 0.25) is 0 Å². The van der Waals surface area contributed by atoms with Gasteiger partial charge in [0.1, 0.15) is 24.4 Å². The van der Waals surface area contributed by atoms with E-state index in [1.807, 2.05) is 0 Å². The minimum Gasteiger partial charge on any atom is -0.458 e. The Morgan fingerprint density at radius 2 is 2.20 bits per heavy atom. The number of fused-ring (bicyclic) bond motifs is 1. The van der Waals surface area contributed by atoms with Crippen LogP contribution in [0.15, 0.2) is 11.0 Å². The highest BCUT2D eigenvalue weighted by molar-refractivity contribution is 5.72. The lowest BCUT2D eigenvalue weighted by atomic mass is 10.1. The molecule has 3 heterocycles. The van der Waals surface area contributed by atoms with Gasteiger partial charge in [-0.25, -0.2) is 18.7 Å². The van der Waals surface area contributed by atoms with Gasteiger partial charge in [0.15, 0.2) is 18.0 Å². The van der Waals surface area contributed by atoms with Crippen molar-refractivity contribution in [2.75, 3.05) is 12.4 Å². The van der Waals surface area contributed by atoms with Gasteiger partial charge in [0, 0.05) is 20.3 Å². The van der Waals surface area contributed by atoms with Gasteiger partial charge in [-0.3, -0.25) is 14.2 Å². The van der Waals surface area contributed by atoms with E-state index >= 15 is 0 Å². The first-order chi connectivity index (χ1) is 14.3. The van der Waals surface area contributed by atoms with Gasteiger partial charge in [-0.2, -0.15) is 4.98 Å². The molecule has 3 rings (SSSR count). The summed E-state index contributed by atoms with van der Waals surface area (Å²) in [5, 5.41) is 0. The zero-order valence-electron chi connectivity index (χ0n) is 16.3. The predicted molar refractivity (Wildman–Crippen MR) is 101 cm³/mol. The zero-order chi connectivity index (χ0) is 22.0. The summed E-state index contributed by atoms with van der Waals surface area (Å²) < 4.78 is 31.9. The summed E-state index contributed by atoms with van der Waals surface area (Å²) in [6, 6.07) is 0. The van der Waals surface area contributed by atoms with Gasteiger partial charge in [0.2, 0.25) is 5.95 Å². The predicted octanol–water partition coefficient (Wildman–Crippen LogP) is -0.0712. The Balaban J connectivity index is 2.10. The third-order valence-electron chi connectivity index (χ3n) is 4.53. The Labute approximate surface area is 169 Å². The number of imidazole rings is 1. The zero-order valence-corrected chi connectivity index (χ0v) is 16.3. The number of carbonyl (C=O) groups excluding carboxylic acids is 2. The molecule has 0 amide bonds. The van der Waals surface area contributed by atoms with Crippen LogP contribution in [0.3, 0.4) is 0 Å². The molecular formula is C18H20FN5O6. The lowest BCUT2D eigenvalue weighted by Crippen LogP contribution is -2.34. The number of terminal acetylenes is 1. The van der Waals surface area contributed by atoms with Crippen LogP contribution in [0.4, 0.5) is 10.3 Å². The van der Waals surface area contributed by atoms with Gasteiger partial charge in [0.05, 0.1) is 12.7 Å². The van der Waals surface area contributed by atoms with Gasteiger partial charge in [-0.1, -0.05) is 5.92 Å². The van der Waals surface area contributed by atoms with Crippen LogP contribution in [-0.2, 0) is 30.3 Å². The van der Waals surface area contributed by atoms with Crippen molar-refractivity contribution in [3.05, 3.63) is 16.7 Å². The molecule has 1 saturated heterocycles. The quantitative estimate of drug-likeness (QED) is 0.501. The van der Waals surface area contributed by atoms with Gasteiger partial charge >= 0.3 is 17.6 Å². The number of nitrogen functional groups attached to an aromatic ring is 1. The number of aromatic nitrogens is 4. The van der Waals surface area contributed by atoms with Crippen molar-refractivity contribution in [1.29, 1.82) is 0 Å². The molecule has 0 aliphatic carbocycles. The smallest absolute Gasteiger partial charge is 0.333 e. The highest BCUT2D eigenvalue weighted by atomic mass is 19.1. The van der Waals surface area contributed by atoms with Crippen LogP contribution in [0.25, 0.3) is 11.2 Å². The number of hydrogen-bond acceptors (Lipinski definition) is 9. The third kappa shape index (κ3) is 3.97. The molecule has 1 fully saturated rings.